The molecular formula is C19H31ClO5. The maximum atomic E-state index is 8.83. The lowest BCUT2D eigenvalue weighted by molar-refractivity contribution is -0.0271. The summed E-state index contributed by atoms with van der Waals surface area (Å²) in [5, 5.41) is 25.4. The molecule has 0 aromatic heterocycles. The molecule has 0 heterocycles. The molecule has 0 saturated carbocycles. The molecule has 1 rings (SSSR count). The van der Waals surface area contributed by atoms with Crippen LogP contribution in [-0.2, 0) is 15.9 Å². The zero-order chi connectivity index (χ0) is 19.0. The average Bonchev–Trinajstić information content (AvgIpc) is 2.63. The van der Waals surface area contributed by atoms with Crippen LogP contribution in [0.4, 0.5) is 0 Å². The molecule has 3 N–H and O–H groups in total. The standard InChI is InChI=1S/C17H26O4.C2H5ClO/c1-3-15-4-6-16(7-5-15)12-17(2,13-20-10-8-18)14-21-11-9-19;3-1-2-4/h3-7,18-19H,1,8-14H2,2H3;4H,1-2H2. The topological polar surface area (TPSA) is 79.2 Å². The van der Waals surface area contributed by atoms with Crippen molar-refractivity contribution in [1.29, 1.82) is 0 Å². The molecule has 6 heteroatoms. The number of aliphatic hydroxyl groups is 3. The highest BCUT2D eigenvalue weighted by Gasteiger charge is 2.25. The minimum Gasteiger partial charge on any atom is -0.395 e. The molecule has 0 aliphatic heterocycles. The first-order chi connectivity index (χ1) is 12.0. The van der Waals surface area contributed by atoms with Crippen molar-refractivity contribution >= 4 is 17.7 Å². The Hall–Kier alpha value is -0.950. The molecule has 5 nitrogen and oxygen atoms in total. The Bertz CT molecular complexity index is 424. The molecule has 0 atom stereocenters. The maximum absolute atomic E-state index is 8.83. The summed E-state index contributed by atoms with van der Waals surface area (Å²) in [5.74, 6) is 0.347. The maximum Gasteiger partial charge on any atom is 0.0698 e. The van der Waals surface area contributed by atoms with Crippen LogP contribution < -0.4 is 0 Å². The fraction of sp³-hybridized carbons (Fsp3) is 0.579. The summed E-state index contributed by atoms with van der Waals surface area (Å²) in [5.41, 5.74) is 2.09. The van der Waals surface area contributed by atoms with Crippen molar-refractivity contribution in [2.45, 2.75) is 13.3 Å². The van der Waals surface area contributed by atoms with E-state index >= 15 is 0 Å². The number of aliphatic hydroxyl groups excluding tert-OH is 3. The van der Waals surface area contributed by atoms with Crippen LogP contribution in [0.1, 0.15) is 18.1 Å². The van der Waals surface area contributed by atoms with Gasteiger partial charge in [0.25, 0.3) is 0 Å². The normalized spacial score (nSPS) is 10.9. The van der Waals surface area contributed by atoms with E-state index in [9.17, 15) is 0 Å². The molecule has 0 aliphatic carbocycles. The minimum atomic E-state index is -0.194. The first-order valence-electron chi connectivity index (χ1n) is 8.30. The van der Waals surface area contributed by atoms with Gasteiger partial charge in [0.15, 0.2) is 0 Å². The van der Waals surface area contributed by atoms with Crippen LogP contribution in [0, 0.1) is 5.41 Å². The summed E-state index contributed by atoms with van der Waals surface area (Å²) in [7, 11) is 0. The average molecular weight is 375 g/mol. The number of rotatable bonds is 12. The summed E-state index contributed by atoms with van der Waals surface area (Å²) in [4.78, 5) is 0. The molecule has 0 amide bonds. The summed E-state index contributed by atoms with van der Waals surface area (Å²) in [6.07, 6.45) is 2.62. The van der Waals surface area contributed by atoms with E-state index in [4.69, 9.17) is 36.4 Å². The van der Waals surface area contributed by atoms with Crippen molar-refractivity contribution in [2.24, 2.45) is 5.41 Å². The Balaban J connectivity index is 0.00000129. The van der Waals surface area contributed by atoms with Gasteiger partial charge < -0.3 is 24.8 Å². The zero-order valence-corrected chi connectivity index (χ0v) is 15.7. The van der Waals surface area contributed by atoms with E-state index in [1.807, 2.05) is 18.2 Å². The Morgan fingerprint density at radius 2 is 1.48 bits per heavy atom. The van der Waals surface area contributed by atoms with Crippen LogP contribution in [0.5, 0.6) is 0 Å². The van der Waals surface area contributed by atoms with E-state index in [0.29, 0.717) is 32.3 Å². The number of alkyl halides is 1. The molecule has 0 saturated heterocycles. The van der Waals surface area contributed by atoms with Crippen molar-refractivity contribution in [1.82, 2.24) is 0 Å². The van der Waals surface area contributed by atoms with E-state index in [-0.39, 0.29) is 25.2 Å². The van der Waals surface area contributed by atoms with Crippen molar-refractivity contribution in [3.8, 4) is 0 Å². The Morgan fingerprint density at radius 1 is 1.00 bits per heavy atom. The highest BCUT2D eigenvalue weighted by atomic mass is 35.5. The molecule has 0 radical (unpaired) electrons. The molecule has 0 spiro atoms. The lowest BCUT2D eigenvalue weighted by Gasteiger charge is -2.29. The third-order valence-corrected chi connectivity index (χ3v) is 3.47. The third kappa shape index (κ3) is 12.1. The number of hydrogen-bond donors (Lipinski definition) is 3. The zero-order valence-electron chi connectivity index (χ0n) is 15.0. The Kier molecular flexibility index (Phi) is 14.7. The van der Waals surface area contributed by atoms with E-state index in [1.165, 1.54) is 5.56 Å². The van der Waals surface area contributed by atoms with Crippen LogP contribution in [0.3, 0.4) is 0 Å². The van der Waals surface area contributed by atoms with Gasteiger partial charge in [-0.25, -0.2) is 0 Å². The largest absolute Gasteiger partial charge is 0.395 e. The summed E-state index contributed by atoms with van der Waals surface area (Å²) < 4.78 is 11.0. The van der Waals surface area contributed by atoms with Gasteiger partial charge in [-0.05, 0) is 17.5 Å². The van der Waals surface area contributed by atoms with Crippen molar-refractivity contribution < 1.29 is 24.8 Å². The van der Waals surface area contributed by atoms with Crippen molar-refractivity contribution in [3.05, 3.63) is 42.0 Å². The van der Waals surface area contributed by atoms with E-state index in [0.717, 1.165) is 12.0 Å². The summed E-state index contributed by atoms with van der Waals surface area (Å²) >= 11 is 4.94. The van der Waals surface area contributed by atoms with Gasteiger partial charge in [-0.1, -0.05) is 43.8 Å². The Labute approximate surface area is 155 Å². The lowest BCUT2D eigenvalue weighted by Crippen LogP contribution is -2.32. The van der Waals surface area contributed by atoms with Gasteiger partial charge in [0.05, 0.1) is 46.2 Å². The smallest absolute Gasteiger partial charge is 0.0698 e. The molecule has 144 valence electrons. The fourth-order valence-electron chi connectivity index (χ4n) is 2.17. The summed E-state index contributed by atoms with van der Waals surface area (Å²) in [6, 6.07) is 8.22. The van der Waals surface area contributed by atoms with Gasteiger partial charge >= 0.3 is 0 Å². The fourth-order valence-corrected chi connectivity index (χ4v) is 2.17. The van der Waals surface area contributed by atoms with Gasteiger partial charge in [0.2, 0.25) is 0 Å². The molecule has 1 aromatic carbocycles. The van der Waals surface area contributed by atoms with Gasteiger partial charge in [0, 0.05) is 11.3 Å². The number of hydrogen-bond acceptors (Lipinski definition) is 5. The Morgan fingerprint density at radius 3 is 1.84 bits per heavy atom. The lowest BCUT2D eigenvalue weighted by atomic mass is 9.85. The number of benzene rings is 1. The van der Waals surface area contributed by atoms with E-state index in [1.54, 1.807) is 0 Å². The molecular weight excluding hydrogens is 344 g/mol. The quantitative estimate of drug-likeness (QED) is 0.386. The van der Waals surface area contributed by atoms with Crippen LogP contribution in [0.15, 0.2) is 30.8 Å². The van der Waals surface area contributed by atoms with Gasteiger partial charge in [-0.15, -0.1) is 11.6 Å². The third-order valence-electron chi connectivity index (χ3n) is 3.30. The monoisotopic (exact) mass is 374 g/mol. The summed E-state index contributed by atoms with van der Waals surface area (Å²) in [6.45, 7) is 7.60. The second-order valence-corrected chi connectivity index (χ2v) is 6.28. The second-order valence-electron chi connectivity index (χ2n) is 5.90. The molecule has 0 unspecified atom stereocenters. The second kappa shape index (κ2) is 15.3. The molecule has 1 aromatic rings. The number of halogens is 1. The van der Waals surface area contributed by atoms with Crippen LogP contribution in [0.2, 0.25) is 0 Å². The molecule has 0 fully saturated rings. The first-order valence-corrected chi connectivity index (χ1v) is 8.84. The first kappa shape index (κ1) is 24.1. The molecule has 0 bridgehead atoms. The van der Waals surface area contributed by atoms with Gasteiger partial charge in [0.1, 0.15) is 0 Å². The predicted molar refractivity (Wildman–Crippen MR) is 102 cm³/mol. The molecule has 25 heavy (non-hydrogen) atoms. The number of ether oxygens (including phenoxy) is 2. The van der Waals surface area contributed by atoms with Crippen LogP contribution in [0.25, 0.3) is 6.08 Å². The van der Waals surface area contributed by atoms with Crippen molar-refractivity contribution in [2.75, 3.05) is 52.1 Å². The molecule has 0 aliphatic rings. The SMILES string of the molecule is C=Cc1ccc(CC(C)(COCCO)COCCO)cc1.OCCCl. The van der Waals surface area contributed by atoms with E-state index in [2.05, 4.69) is 25.6 Å². The highest BCUT2D eigenvalue weighted by molar-refractivity contribution is 6.17. The van der Waals surface area contributed by atoms with E-state index < -0.39 is 0 Å². The predicted octanol–water partition coefficient (Wildman–Crippen LogP) is 2.11. The highest BCUT2D eigenvalue weighted by Crippen LogP contribution is 2.24. The minimum absolute atomic E-state index is 0.0155. The van der Waals surface area contributed by atoms with Crippen molar-refractivity contribution in [3.63, 3.8) is 0 Å². The van der Waals surface area contributed by atoms with Gasteiger partial charge in [-0.3, -0.25) is 0 Å². The van der Waals surface area contributed by atoms with Gasteiger partial charge in [-0.2, -0.15) is 0 Å². The van der Waals surface area contributed by atoms with Crippen LogP contribution in [-0.4, -0.2) is 67.4 Å². The van der Waals surface area contributed by atoms with Crippen LogP contribution >= 0.6 is 11.6 Å².